The number of rotatable bonds is 4. The van der Waals surface area contributed by atoms with Crippen LogP contribution in [0.25, 0.3) is 0 Å². The third-order valence-electron chi connectivity index (χ3n) is 3.21. The standard InChI is InChI=1S/C16H18ClN3O/c1-4-20(12-7-5-11(2)6-8-12)16(21)15-13(17)9-10-14(18-3)19-15/h5-10H,4H2,1-3H3,(H,18,19). The molecule has 1 N–H and O–H groups in total. The van der Waals surface area contributed by atoms with E-state index < -0.39 is 0 Å². The zero-order valence-corrected chi connectivity index (χ0v) is 13.1. The quantitative estimate of drug-likeness (QED) is 0.935. The summed E-state index contributed by atoms with van der Waals surface area (Å²) < 4.78 is 0. The molecule has 0 spiro atoms. The molecule has 5 heteroatoms. The van der Waals surface area contributed by atoms with Gasteiger partial charge in [-0.05, 0) is 38.1 Å². The van der Waals surface area contributed by atoms with Crippen LogP contribution in [0.4, 0.5) is 11.5 Å². The summed E-state index contributed by atoms with van der Waals surface area (Å²) in [6, 6.07) is 11.2. The van der Waals surface area contributed by atoms with Crippen LogP contribution < -0.4 is 10.2 Å². The highest BCUT2D eigenvalue weighted by molar-refractivity contribution is 6.34. The summed E-state index contributed by atoms with van der Waals surface area (Å²) in [5.41, 5.74) is 2.24. The molecule has 0 saturated carbocycles. The summed E-state index contributed by atoms with van der Waals surface area (Å²) in [7, 11) is 1.75. The normalized spacial score (nSPS) is 10.3. The highest BCUT2D eigenvalue weighted by Crippen LogP contribution is 2.22. The summed E-state index contributed by atoms with van der Waals surface area (Å²) in [6.45, 7) is 4.48. The Morgan fingerprint density at radius 1 is 1.24 bits per heavy atom. The van der Waals surface area contributed by atoms with Gasteiger partial charge in [-0.3, -0.25) is 4.79 Å². The zero-order chi connectivity index (χ0) is 15.4. The van der Waals surface area contributed by atoms with Gasteiger partial charge in [-0.2, -0.15) is 0 Å². The van der Waals surface area contributed by atoms with Gasteiger partial charge in [-0.25, -0.2) is 4.98 Å². The second-order valence-electron chi connectivity index (χ2n) is 4.66. The Balaban J connectivity index is 2.38. The highest BCUT2D eigenvalue weighted by Gasteiger charge is 2.20. The Hall–Kier alpha value is -2.07. The van der Waals surface area contributed by atoms with Crippen molar-refractivity contribution < 1.29 is 4.79 Å². The van der Waals surface area contributed by atoms with Crippen LogP contribution in [0.15, 0.2) is 36.4 Å². The van der Waals surface area contributed by atoms with E-state index in [4.69, 9.17) is 11.6 Å². The first-order chi connectivity index (χ1) is 10.1. The van der Waals surface area contributed by atoms with Crippen molar-refractivity contribution in [3.8, 4) is 0 Å². The number of nitrogens with one attached hydrogen (secondary N) is 1. The smallest absolute Gasteiger partial charge is 0.278 e. The van der Waals surface area contributed by atoms with E-state index in [0.29, 0.717) is 17.4 Å². The second kappa shape index (κ2) is 6.59. The van der Waals surface area contributed by atoms with Crippen molar-refractivity contribution >= 4 is 29.0 Å². The van der Waals surface area contributed by atoms with Gasteiger partial charge in [0.25, 0.3) is 5.91 Å². The number of nitrogens with zero attached hydrogens (tertiary/aromatic N) is 2. The molecule has 0 bridgehead atoms. The number of carbonyl (C=O) groups is 1. The molecule has 21 heavy (non-hydrogen) atoms. The van der Waals surface area contributed by atoms with E-state index in [2.05, 4.69) is 10.3 Å². The van der Waals surface area contributed by atoms with Crippen LogP contribution in [-0.4, -0.2) is 24.5 Å². The van der Waals surface area contributed by atoms with Crippen LogP contribution >= 0.6 is 11.6 Å². The molecule has 0 saturated heterocycles. The average molecular weight is 304 g/mol. The number of amides is 1. The fourth-order valence-electron chi connectivity index (χ4n) is 2.03. The van der Waals surface area contributed by atoms with Crippen LogP contribution in [0.5, 0.6) is 0 Å². The molecule has 110 valence electrons. The van der Waals surface area contributed by atoms with Crippen molar-refractivity contribution in [2.75, 3.05) is 23.8 Å². The molecule has 0 aliphatic carbocycles. The minimum absolute atomic E-state index is 0.205. The lowest BCUT2D eigenvalue weighted by atomic mass is 10.2. The van der Waals surface area contributed by atoms with Crippen LogP contribution in [0, 0.1) is 6.92 Å². The number of hydrogen-bond donors (Lipinski definition) is 1. The van der Waals surface area contributed by atoms with Gasteiger partial charge in [-0.1, -0.05) is 29.3 Å². The predicted molar refractivity (Wildman–Crippen MR) is 87.3 cm³/mol. The van der Waals surface area contributed by atoms with E-state index in [1.165, 1.54) is 0 Å². The van der Waals surface area contributed by atoms with E-state index in [9.17, 15) is 4.79 Å². The molecule has 1 heterocycles. The van der Waals surface area contributed by atoms with Gasteiger partial charge < -0.3 is 10.2 Å². The Morgan fingerprint density at radius 2 is 1.90 bits per heavy atom. The number of aromatic nitrogens is 1. The van der Waals surface area contributed by atoms with E-state index in [0.717, 1.165) is 11.3 Å². The third kappa shape index (κ3) is 3.34. The summed E-state index contributed by atoms with van der Waals surface area (Å²) in [4.78, 5) is 18.6. The van der Waals surface area contributed by atoms with Gasteiger partial charge in [0.15, 0.2) is 0 Å². The second-order valence-corrected chi connectivity index (χ2v) is 5.07. The van der Waals surface area contributed by atoms with E-state index >= 15 is 0 Å². The molecule has 1 amide bonds. The largest absolute Gasteiger partial charge is 0.373 e. The molecule has 0 atom stereocenters. The van der Waals surface area contributed by atoms with E-state index in [1.807, 2.05) is 38.1 Å². The molecular formula is C16H18ClN3O. The molecule has 0 aliphatic rings. The van der Waals surface area contributed by atoms with Crippen LogP contribution in [0.1, 0.15) is 23.0 Å². The fourth-order valence-corrected chi connectivity index (χ4v) is 2.21. The number of anilines is 2. The Labute approximate surface area is 129 Å². The Morgan fingerprint density at radius 3 is 2.48 bits per heavy atom. The maximum atomic E-state index is 12.7. The molecule has 0 aliphatic heterocycles. The van der Waals surface area contributed by atoms with Crippen molar-refractivity contribution in [1.82, 2.24) is 4.98 Å². The third-order valence-corrected chi connectivity index (χ3v) is 3.52. The molecule has 2 aromatic rings. The molecule has 1 aromatic carbocycles. The van der Waals surface area contributed by atoms with E-state index in [-0.39, 0.29) is 11.6 Å². The maximum absolute atomic E-state index is 12.7. The number of aryl methyl sites for hydroxylation is 1. The van der Waals surface area contributed by atoms with Crippen LogP contribution in [-0.2, 0) is 0 Å². The molecule has 0 fully saturated rings. The molecule has 4 nitrogen and oxygen atoms in total. The van der Waals surface area contributed by atoms with Crippen molar-refractivity contribution in [2.24, 2.45) is 0 Å². The van der Waals surface area contributed by atoms with Gasteiger partial charge in [-0.15, -0.1) is 0 Å². The van der Waals surface area contributed by atoms with Crippen molar-refractivity contribution in [2.45, 2.75) is 13.8 Å². The van der Waals surface area contributed by atoms with Gasteiger partial charge in [0, 0.05) is 19.3 Å². The lowest BCUT2D eigenvalue weighted by molar-refractivity contribution is 0.0984. The summed E-state index contributed by atoms with van der Waals surface area (Å²) in [5, 5.41) is 3.26. The lowest BCUT2D eigenvalue weighted by Crippen LogP contribution is -2.31. The van der Waals surface area contributed by atoms with Gasteiger partial charge in [0.2, 0.25) is 0 Å². The van der Waals surface area contributed by atoms with Gasteiger partial charge in [0.1, 0.15) is 11.5 Å². The molecule has 1 aromatic heterocycles. The minimum Gasteiger partial charge on any atom is -0.373 e. The summed E-state index contributed by atoms with van der Waals surface area (Å²) in [5.74, 6) is 0.408. The number of hydrogen-bond acceptors (Lipinski definition) is 3. The molecule has 2 rings (SSSR count). The number of carbonyl (C=O) groups excluding carboxylic acids is 1. The SMILES string of the molecule is CCN(C(=O)c1nc(NC)ccc1Cl)c1ccc(C)cc1. The van der Waals surface area contributed by atoms with Gasteiger partial charge >= 0.3 is 0 Å². The number of benzene rings is 1. The Kier molecular flexibility index (Phi) is 4.81. The van der Waals surface area contributed by atoms with Crippen molar-refractivity contribution in [1.29, 1.82) is 0 Å². The van der Waals surface area contributed by atoms with Crippen molar-refractivity contribution in [3.63, 3.8) is 0 Å². The maximum Gasteiger partial charge on any atom is 0.278 e. The average Bonchev–Trinajstić information content (AvgIpc) is 2.50. The molecule has 0 radical (unpaired) electrons. The number of halogens is 1. The minimum atomic E-state index is -0.205. The summed E-state index contributed by atoms with van der Waals surface area (Å²) in [6.07, 6.45) is 0. The lowest BCUT2D eigenvalue weighted by Gasteiger charge is -2.21. The van der Waals surface area contributed by atoms with E-state index in [1.54, 1.807) is 24.1 Å². The highest BCUT2D eigenvalue weighted by atomic mass is 35.5. The molecular weight excluding hydrogens is 286 g/mol. The zero-order valence-electron chi connectivity index (χ0n) is 12.4. The summed E-state index contributed by atoms with van der Waals surface area (Å²) >= 11 is 6.12. The molecule has 0 unspecified atom stereocenters. The predicted octanol–water partition coefficient (Wildman–Crippen LogP) is 3.75. The van der Waals surface area contributed by atoms with Crippen LogP contribution in [0.3, 0.4) is 0 Å². The topological polar surface area (TPSA) is 45.2 Å². The first-order valence-electron chi connectivity index (χ1n) is 6.79. The number of pyridine rings is 1. The monoisotopic (exact) mass is 303 g/mol. The first kappa shape index (κ1) is 15.3. The van der Waals surface area contributed by atoms with Gasteiger partial charge in [0.05, 0.1) is 5.02 Å². The van der Waals surface area contributed by atoms with Crippen LogP contribution in [0.2, 0.25) is 5.02 Å². The Bertz CT molecular complexity index is 640. The fraction of sp³-hybridized carbons (Fsp3) is 0.250. The van der Waals surface area contributed by atoms with Crippen molar-refractivity contribution in [3.05, 3.63) is 52.7 Å². The first-order valence-corrected chi connectivity index (χ1v) is 7.17.